The van der Waals surface area contributed by atoms with Crippen LogP contribution < -0.4 is 4.74 Å². The van der Waals surface area contributed by atoms with Crippen molar-refractivity contribution < 1.29 is 22.4 Å². The first-order chi connectivity index (χ1) is 14.3. The van der Waals surface area contributed by atoms with Gasteiger partial charge in [0.05, 0.1) is 10.6 Å². The summed E-state index contributed by atoms with van der Waals surface area (Å²) in [4.78, 5) is 4.26. The third-order valence-electron chi connectivity index (χ3n) is 3.98. The topological polar surface area (TPSA) is 66.0 Å². The number of benzene rings is 2. The average molecular weight is 455 g/mol. The van der Waals surface area contributed by atoms with Gasteiger partial charge in [-0.3, -0.25) is 0 Å². The smallest absolute Gasteiger partial charge is 0.416 e. The van der Waals surface area contributed by atoms with E-state index in [1.165, 1.54) is 16.8 Å². The molecule has 4 aromatic rings. The van der Waals surface area contributed by atoms with Crippen LogP contribution in [0.4, 0.5) is 13.2 Å². The van der Waals surface area contributed by atoms with Gasteiger partial charge in [0.1, 0.15) is 5.75 Å². The normalized spacial score (nSPS) is 11.6. The number of halogens is 5. The molecule has 0 aliphatic rings. The largest absolute Gasteiger partial charge is 0.471 e. The van der Waals surface area contributed by atoms with Gasteiger partial charge in [0, 0.05) is 16.8 Å². The van der Waals surface area contributed by atoms with Crippen molar-refractivity contribution in [2.45, 2.75) is 12.9 Å². The molecular formula is C19H11Cl2F3N4O2. The van der Waals surface area contributed by atoms with E-state index in [4.69, 9.17) is 32.5 Å². The lowest BCUT2D eigenvalue weighted by Gasteiger charge is -2.10. The summed E-state index contributed by atoms with van der Waals surface area (Å²) in [6.45, 7) is -0.106. The van der Waals surface area contributed by atoms with Gasteiger partial charge >= 0.3 is 6.18 Å². The molecule has 0 N–H and O–H groups in total. The Balaban J connectivity index is 1.47. The highest BCUT2D eigenvalue weighted by Gasteiger charge is 2.30. The Kier molecular flexibility index (Phi) is 5.40. The van der Waals surface area contributed by atoms with Gasteiger partial charge < -0.3 is 9.26 Å². The number of rotatable bonds is 5. The van der Waals surface area contributed by atoms with Gasteiger partial charge in [-0.15, -0.1) is 0 Å². The molecule has 2 heterocycles. The quantitative estimate of drug-likeness (QED) is 0.372. The molecule has 4 rings (SSSR count). The van der Waals surface area contributed by atoms with Gasteiger partial charge in [-0.1, -0.05) is 34.4 Å². The predicted octanol–water partition coefficient (Wildman–Crippen LogP) is 5.96. The molecule has 154 valence electrons. The van der Waals surface area contributed by atoms with Crippen LogP contribution >= 0.6 is 23.2 Å². The number of ether oxygens (including phenoxy) is 1. The monoisotopic (exact) mass is 454 g/mol. The van der Waals surface area contributed by atoms with Crippen molar-refractivity contribution in [3.63, 3.8) is 0 Å². The Labute approximate surface area is 177 Å². The van der Waals surface area contributed by atoms with Gasteiger partial charge in [-0.25, -0.2) is 4.68 Å². The van der Waals surface area contributed by atoms with Crippen LogP contribution in [-0.2, 0) is 12.9 Å². The highest BCUT2D eigenvalue weighted by Crippen LogP contribution is 2.32. The maximum absolute atomic E-state index is 12.8. The second kappa shape index (κ2) is 8.00. The summed E-state index contributed by atoms with van der Waals surface area (Å²) >= 11 is 12.0. The van der Waals surface area contributed by atoms with Gasteiger partial charge in [0.2, 0.25) is 5.82 Å². The first kappa shape index (κ1) is 20.2. The fourth-order valence-electron chi connectivity index (χ4n) is 2.56. The lowest BCUT2D eigenvalue weighted by Crippen LogP contribution is -2.08. The zero-order valence-corrected chi connectivity index (χ0v) is 16.4. The first-order valence-corrected chi connectivity index (χ1v) is 9.18. The fraction of sp³-hybridized carbons (Fsp3) is 0.105. The van der Waals surface area contributed by atoms with Gasteiger partial charge in [-0.05, 0) is 42.5 Å². The molecule has 0 saturated heterocycles. The van der Waals surface area contributed by atoms with Crippen molar-refractivity contribution in [1.82, 2.24) is 19.9 Å². The Morgan fingerprint density at radius 3 is 2.67 bits per heavy atom. The zero-order chi connectivity index (χ0) is 21.3. The summed E-state index contributed by atoms with van der Waals surface area (Å²) in [5.74, 6) is 0.481. The number of hydrogen-bond acceptors (Lipinski definition) is 5. The van der Waals surface area contributed by atoms with Crippen LogP contribution in [0.15, 0.2) is 59.3 Å². The molecule has 0 unspecified atom stereocenters. The second-order valence-corrected chi connectivity index (χ2v) is 6.93. The number of alkyl halides is 3. The van der Waals surface area contributed by atoms with E-state index in [-0.39, 0.29) is 24.2 Å². The van der Waals surface area contributed by atoms with Crippen molar-refractivity contribution in [3.05, 3.63) is 70.3 Å². The standard InChI is InChI=1S/C19H11Cl2F3N4O2/c20-12-4-5-14(15(21)9-12)17-25-18(30-27-17)16-6-7-28(26-16)10-29-13-3-1-2-11(8-13)19(22,23)24/h1-9H,10H2. The van der Waals surface area contributed by atoms with Crippen LogP contribution in [0.2, 0.25) is 10.0 Å². The average Bonchev–Trinajstić information content (AvgIpc) is 3.35. The van der Waals surface area contributed by atoms with Crippen LogP contribution in [0.5, 0.6) is 5.75 Å². The number of nitrogens with zero attached hydrogens (tertiary/aromatic N) is 4. The summed E-state index contributed by atoms with van der Waals surface area (Å²) in [5, 5.41) is 8.97. The molecule has 0 fully saturated rings. The predicted molar refractivity (Wildman–Crippen MR) is 103 cm³/mol. The minimum Gasteiger partial charge on any atom is -0.471 e. The van der Waals surface area contributed by atoms with E-state index in [0.717, 1.165) is 12.1 Å². The molecular weight excluding hydrogens is 444 g/mol. The number of hydrogen-bond donors (Lipinski definition) is 0. The summed E-state index contributed by atoms with van der Waals surface area (Å²) < 4.78 is 50.3. The molecule has 0 saturated carbocycles. The maximum atomic E-state index is 12.8. The van der Waals surface area contributed by atoms with E-state index in [2.05, 4.69) is 15.2 Å². The van der Waals surface area contributed by atoms with Crippen molar-refractivity contribution in [2.24, 2.45) is 0 Å². The third-order valence-corrected chi connectivity index (χ3v) is 4.53. The Morgan fingerprint density at radius 1 is 1.07 bits per heavy atom. The molecule has 2 aromatic heterocycles. The second-order valence-electron chi connectivity index (χ2n) is 6.09. The van der Waals surface area contributed by atoms with Gasteiger partial charge in [0.15, 0.2) is 12.4 Å². The molecule has 2 aromatic carbocycles. The zero-order valence-electron chi connectivity index (χ0n) is 14.9. The summed E-state index contributed by atoms with van der Waals surface area (Å²) in [7, 11) is 0. The summed E-state index contributed by atoms with van der Waals surface area (Å²) in [5.41, 5.74) is 0.121. The van der Waals surface area contributed by atoms with E-state index in [1.54, 1.807) is 30.5 Å². The van der Waals surface area contributed by atoms with Gasteiger partial charge in [-0.2, -0.15) is 23.3 Å². The molecule has 0 atom stereocenters. The molecule has 0 amide bonds. The molecule has 11 heteroatoms. The van der Waals surface area contributed by atoms with Crippen molar-refractivity contribution >= 4 is 23.2 Å². The van der Waals surface area contributed by atoms with Crippen LogP contribution in [0, 0.1) is 0 Å². The Bertz CT molecular complexity index is 1190. The van der Waals surface area contributed by atoms with Crippen LogP contribution in [0.3, 0.4) is 0 Å². The lowest BCUT2D eigenvalue weighted by atomic mass is 10.2. The van der Waals surface area contributed by atoms with E-state index >= 15 is 0 Å². The van der Waals surface area contributed by atoms with Crippen LogP contribution in [0.25, 0.3) is 23.0 Å². The molecule has 0 aliphatic heterocycles. The van der Waals surface area contributed by atoms with Gasteiger partial charge in [0.25, 0.3) is 5.89 Å². The fourth-order valence-corrected chi connectivity index (χ4v) is 3.05. The van der Waals surface area contributed by atoms with Crippen LogP contribution in [-0.4, -0.2) is 19.9 Å². The van der Waals surface area contributed by atoms with E-state index in [1.807, 2.05) is 0 Å². The highest BCUT2D eigenvalue weighted by molar-refractivity contribution is 6.36. The molecule has 6 nitrogen and oxygen atoms in total. The van der Waals surface area contributed by atoms with Crippen LogP contribution in [0.1, 0.15) is 5.56 Å². The summed E-state index contributed by atoms with van der Waals surface area (Å²) in [6, 6.07) is 11.1. The Hall–Kier alpha value is -3.04. The molecule has 0 bridgehead atoms. The molecule has 0 spiro atoms. The minimum atomic E-state index is -4.44. The minimum absolute atomic E-state index is 0.0688. The first-order valence-electron chi connectivity index (χ1n) is 8.42. The van der Waals surface area contributed by atoms with Crippen molar-refractivity contribution in [3.8, 4) is 28.7 Å². The Morgan fingerprint density at radius 2 is 1.90 bits per heavy atom. The highest BCUT2D eigenvalue weighted by atomic mass is 35.5. The number of aromatic nitrogens is 4. The van der Waals surface area contributed by atoms with E-state index in [0.29, 0.717) is 21.3 Å². The molecule has 0 radical (unpaired) electrons. The molecule has 0 aliphatic carbocycles. The van der Waals surface area contributed by atoms with E-state index in [9.17, 15) is 13.2 Å². The maximum Gasteiger partial charge on any atom is 0.416 e. The molecule has 30 heavy (non-hydrogen) atoms. The van der Waals surface area contributed by atoms with Crippen molar-refractivity contribution in [2.75, 3.05) is 0 Å². The van der Waals surface area contributed by atoms with Crippen molar-refractivity contribution in [1.29, 1.82) is 0 Å². The SMILES string of the molecule is FC(F)(F)c1cccc(OCn2ccc(-c3nc(-c4ccc(Cl)cc4Cl)no3)n2)c1. The third kappa shape index (κ3) is 4.42. The summed E-state index contributed by atoms with van der Waals surface area (Å²) in [6.07, 6.45) is -2.87. The lowest BCUT2D eigenvalue weighted by molar-refractivity contribution is -0.137. The van der Waals surface area contributed by atoms with E-state index < -0.39 is 11.7 Å².